The number of rotatable bonds is 13. The number of carbonyl (C=O) groups is 1. The van der Waals surface area contributed by atoms with Crippen LogP contribution in [0.15, 0.2) is 36.4 Å². The van der Waals surface area contributed by atoms with Crippen LogP contribution in [-0.2, 0) is 6.42 Å². The van der Waals surface area contributed by atoms with Crippen LogP contribution in [0.3, 0.4) is 0 Å². The van der Waals surface area contributed by atoms with Crippen LogP contribution < -0.4 is 30.7 Å². The van der Waals surface area contributed by atoms with Crippen molar-refractivity contribution in [3.05, 3.63) is 47.5 Å². The van der Waals surface area contributed by atoms with Crippen molar-refractivity contribution < 1.29 is 32.5 Å². The van der Waals surface area contributed by atoms with Crippen LogP contribution in [0.25, 0.3) is 0 Å². The van der Waals surface area contributed by atoms with Gasteiger partial charge in [0.05, 0.1) is 17.4 Å². The summed E-state index contributed by atoms with van der Waals surface area (Å²) in [5.74, 6) is -0.253. The summed E-state index contributed by atoms with van der Waals surface area (Å²) in [4.78, 5) is 14.2. The minimum atomic E-state index is -4.43. The van der Waals surface area contributed by atoms with E-state index in [-0.39, 0.29) is 30.9 Å². The van der Waals surface area contributed by atoms with E-state index in [1.807, 2.05) is 13.0 Å². The van der Waals surface area contributed by atoms with Crippen LogP contribution in [0.5, 0.6) is 11.5 Å². The molecule has 35 heavy (non-hydrogen) atoms. The SMILES string of the molecule is CC(NCCOc1ccccc1OCC(F)(F)F)Nc1cc2c(c(C(N)=O)c1)N(CCCO)CC2. The summed E-state index contributed by atoms with van der Waals surface area (Å²) >= 11 is 0. The molecule has 192 valence electrons. The van der Waals surface area contributed by atoms with E-state index in [2.05, 4.69) is 15.5 Å². The van der Waals surface area contributed by atoms with E-state index in [1.165, 1.54) is 6.07 Å². The topological polar surface area (TPSA) is 109 Å². The molecular formula is C24H31F3N4O4. The smallest absolute Gasteiger partial charge is 0.422 e. The molecule has 1 unspecified atom stereocenters. The maximum atomic E-state index is 12.4. The number of amides is 1. The molecule has 2 aromatic rings. The van der Waals surface area contributed by atoms with Crippen molar-refractivity contribution in [2.24, 2.45) is 5.73 Å². The molecule has 0 radical (unpaired) electrons. The lowest BCUT2D eigenvalue weighted by molar-refractivity contribution is -0.153. The van der Waals surface area contributed by atoms with E-state index in [9.17, 15) is 18.0 Å². The van der Waals surface area contributed by atoms with Crippen LogP contribution in [-0.4, -0.2) is 62.8 Å². The van der Waals surface area contributed by atoms with Gasteiger partial charge in [-0.05, 0) is 49.6 Å². The van der Waals surface area contributed by atoms with E-state index in [0.717, 1.165) is 29.9 Å². The zero-order valence-electron chi connectivity index (χ0n) is 19.5. The highest BCUT2D eigenvalue weighted by Gasteiger charge is 2.29. The van der Waals surface area contributed by atoms with Gasteiger partial charge in [0.15, 0.2) is 18.1 Å². The summed E-state index contributed by atoms with van der Waals surface area (Å²) in [5.41, 5.74) is 8.67. The van der Waals surface area contributed by atoms with Crippen molar-refractivity contribution in [2.45, 2.75) is 32.1 Å². The number of aliphatic hydroxyl groups excluding tert-OH is 1. The quantitative estimate of drug-likeness (QED) is 0.249. The highest BCUT2D eigenvalue weighted by molar-refractivity contribution is 6.01. The number of hydrogen-bond donors (Lipinski definition) is 4. The Morgan fingerprint density at radius 2 is 1.94 bits per heavy atom. The molecule has 0 saturated heterocycles. The van der Waals surface area contributed by atoms with Gasteiger partial charge in [0.25, 0.3) is 5.91 Å². The number of para-hydroxylation sites is 2. The van der Waals surface area contributed by atoms with E-state index in [1.54, 1.807) is 24.3 Å². The van der Waals surface area contributed by atoms with Crippen LogP contribution in [0.2, 0.25) is 0 Å². The van der Waals surface area contributed by atoms with Gasteiger partial charge >= 0.3 is 6.18 Å². The van der Waals surface area contributed by atoms with Gasteiger partial charge in [-0.2, -0.15) is 13.2 Å². The molecule has 1 amide bonds. The van der Waals surface area contributed by atoms with E-state index < -0.39 is 18.7 Å². The van der Waals surface area contributed by atoms with E-state index in [4.69, 9.17) is 20.3 Å². The summed E-state index contributed by atoms with van der Waals surface area (Å²) in [6.45, 7) is 2.61. The normalized spacial score (nSPS) is 13.9. The molecule has 0 aromatic heterocycles. The average molecular weight is 497 g/mol. The number of nitrogens with two attached hydrogens (primary N) is 1. The highest BCUT2D eigenvalue weighted by Crippen LogP contribution is 2.35. The molecule has 11 heteroatoms. The number of hydrogen-bond acceptors (Lipinski definition) is 7. The number of fused-ring (bicyclic) bond motifs is 1. The monoisotopic (exact) mass is 496 g/mol. The van der Waals surface area contributed by atoms with Gasteiger partial charge in [-0.3, -0.25) is 10.1 Å². The van der Waals surface area contributed by atoms with Gasteiger partial charge in [0.2, 0.25) is 0 Å². The molecule has 0 saturated carbocycles. The Balaban J connectivity index is 1.53. The zero-order chi connectivity index (χ0) is 25.4. The first-order valence-electron chi connectivity index (χ1n) is 11.4. The van der Waals surface area contributed by atoms with E-state index >= 15 is 0 Å². The first-order chi connectivity index (χ1) is 16.7. The predicted octanol–water partition coefficient (Wildman–Crippen LogP) is 2.90. The molecule has 0 bridgehead atoms. The van der Waals surface area contributed by atoms with Gasteiger partial charge in [0, 0.05) is 31.9 Å². The lowest BCUT2D eigenvalue weighted by atomic mass is 10.0. The molecule has 1 aliphatic heterocycles. The standard InChI is InChI=1S/C24H31F3N4O4/c1-16(29-8-12-34-20-5-2-3-6-21(20)35-15-24(25,26)27)30-18-13-17-7-10-31(9-4-11-32)22(17)19(14-18)23(28)33/h2-3,5-6,13-14,16,29-30,32H,4,7-12,15H2,1H3,(H2,28,33). The number of anilines is 2. The molecule has 1 aliphatic rings. The third-order valence-corrected chi connectivity index (χ3v) is 5.44. The highest BCUT2D eigenvalue weighted by atomic mass is 19.4. The van der Waals surface area contributed by atoms with E-state index in [0.29, 0.717) is 25.1 Å². The van der Waals surface area contributed by atoms with Crippen molar-refractivity contribution in [2.75, 3.05) is 49.7 Å². The number of halogens is 3. The van der Waals surface area contributed by atoms with Gasteiger partial charge in [-0.15, -0.1) is 0 Å². The summed E-state index contributed by atoms with van der Waals surface area (Å²) < 4.78 is 47.7. The molecule has 8 nitrogen and oxygen atoms in total. The molecule has 5 N–H and O–H groups in total. The lowest BCUT2D eigenvalue weighted by Crippen LogP contribution is -2.36. The Bertz CT molecular complexity index is 1000. The third kappa shape index (κ3) is 7.66. The van der Waals surface area contributed by atoms with Crippen molar-refractivity contribution >= 4 is 17.3 Å². The molecular weight excluding hydrogens is 465 g/mol. The first-order valence-corrected chi connectivity index (χ1v) is 11.4. The minimum absolute atomic E-state index is 0.0288. The van der Waals surface area contributed by atoms with Crippen molar-refractivity contribution in [1.29, 1.82) is 0 Å². The van der Waals surface area contributed by atoms with Crippen LogP contribution in [0.4, 0.5) is 24.5 Å². The largest absolute Gasteiger partial charge is 0.488 e. The second-order valence-electron chi connectivity index (χ2n) is 8.23. The minimum Gasteiger partial charge on any atom is -0.488 e. The average Bonchev–Trinajstić information content (AvgIpc) is 3.21. The number of nitrogens with one attached hydrogen (secondary N) is 2. The Hall–Kier alpha value is -3.18. The molecule has 3 rings (SSSR count). The number of aliphatic hydroxyl groups is 1. The van der Waals surface area contributed by atoms with Crippen LogP contribution in [0.1, 0.15) is 29.3 Å². The van der Waals surface area contributed by atoms with Crippen molar-refractivity contribution in [3.63, 3.8) is 0 Å². The molecule has 2 aromatic carbocycles. The number of benzene rings is 2. The maximum Gasteiger partial charge on any atom is 0.422 e. The van der Waals surface area contributed by atoms with Gasteiger partial charge in [-0.1, -0.05) is 12.1 Å². The summed E-state index contributed by atoms with van der Waals surface area (Å²) in [7, 11) is 0. The number of nitrogens with zero attached hydrogens (tertiary/aromatic N) is 1. The fraction of sp³-hybridized carbons (Fsp3) is 0.458. The molecule has 0 aliphatic carbocycles. The maximum absolute atomic E-state index is 12.4. The Morgan fingerprint density at radius 3 is 2.60 bits per heavy atom. The van der Waals surface area contributed by atoms with Crippen LogP contribution >= 0.6 is 0 Å². The second kappa shape index (κ2) is 12.0. The lowest BCUT2D eigenvalue weighted by Gasteiger charge is -2.23. The summed E-state index contributed by atoms with van der Waals surface area (Å²) in [6.07, 6.45) is -3.23. The third-order valence-electron chi connectivity index (χ3n) is 5.44. The number of ether oxygens (including phenoxy) is 2. The number of alkyl halides is 3. The Morgan fingerprint density at radius 1 is 1.23 bits per heavy atom. The van der Waals surface area contributed by atoms with Crippen molar-refractivity contribution in [1.82, 2.24) is 5.32 Å². The molecule has 1 heterocycles. The fourth-order valence-electron chi connectivity index (χ4n) is 3.97. The summed E-state index contributed by atoms with van der Waals surface area (Å²) in [6, 6.07) is 9.92. The summed E-state index contributed by atoms with van der Waals surface area (Å²) in [5, 5.41) is 15.6. The predicted molar refractivity (Wildman–Crippen MR) is 127 cm³/mol. The number of primary amides is 1. The Labute approximate surface area is 202 Å². The number of carbonyl (C=O) groups excluding carboxylic acids is 1. The molecule has 0 fully saturated rings. The van der Waals surface area contributed by atoms with Crippen molar-refractivity contribution in [3.8, 4) is 11.5 Å². The molecule has 0 spiro atoms. The van der Waals surface area contributed by atoms with Gasteiger partial charge in [-0.25, -0.2) is 0 Å². The van der Waals surface area contributed by atoms with Gasteiger partial charge in [0.1, 0.15) is 6.61 Å². The van der Waals surface area contributed by atoms with Crippen LogP contribution in [0, 0.1) is 0 Å². The Kier molecular flexibility index (Phi) is 9.05. The zero-order valence-corrected chi connectivity index (χ0v) is 19.5. The fourth-order valence-corrected chi connectivity index (χ4v) is 3.97. The van der Waals surface area contributed by atoms with Gasteiger partial charge < -0.3 is 30.5 Å². The second-order valence-corrected chi connectivity index (χ2v) is 8.23. The first kappa shape index (κ1) is 26.4. The molecule has 1 atom stereocenters.